The summed E-state index contributed by atoms with van der Waals surface area (Å²) in [5.41, 5.74) is 1.22. The number of anilines is 1. The number of aliphatic hydroxyl groups excluding tert-OH is 1. The van der Waals surface area contributed by atoms with Gasteiger partial charge in [0.05, 0.1) is 6.10 Å². The Morgan fingerprint density at radius 1 is 1.00 bits per heavy atom. The zero-order valence-corrected chi connectivity index (χ0v) is 9.31. The summed E-state index contributed by atoms with van der Waals surface area (Å²) >= 11 is 0. The SMILES string of the molecule is OC(CNc1ccccc1)c1ccccc1F. The molecular formula is C14H14FNO. The summed E-state index contributed by atoms with van der Waals surface area (Å²) in [6.07, 6.45) is -0.851. The van der Waals surface area contributed by atoms with Gasteiger partial charge in [-0.3, -0.25) is 0 Å². The summed E-state index contributed by atoms with van der Waals surface area (Å²) in [4.78, 5) is 0. The van der Waals surface area contributed by atoms with Crippen molar-refractivity contribution >= 4 is 5.69 Å². The van der Waals surface area contributed by atoms with Crippen LogP contribution in [-0.2, 0) is 0 Å². The van der Waals surface area contributed by atoms with E-state index in [1.807, 2.05) is 30.3 Å². The van der Waals surface area contributed by atoms with Gasteiger partial charge in [-0.05, 0) is 18.2 Å². The maximum Gasteiger partial charge on any atom is 0.129 e. The summed E-state index contributed by atoms with van der Waals surface area (Å²) < 4.78 is 13.4. The summed E-state index contributed by atoms with van der Waals surface area (Å²) in [5, 5.41) is 12.9. The van der Waals surface area contributed by atoms with E-state index >= 15 is 0 Å². The highest BCUT2D eigenvalue weighted by Gasteiger charge is 2.11. The lowest BCUT2D eigenvalue weighted by molar-refractivity contribution is 0.186. The van der Waals surface area contributed by atoms with Crippen molar-refractivity contribution in [1.29, 1.82) is 0 Å². The van der Waals surface area contributed by atoms with E-state index in [1.165, 1.54) is 6.07 Å². The first kappa shape index (κ1) is 11.6. The van der Waals surface area contributed by atoms with Gasteiger partial charge in [0, 0.05) is 17.8 Å². The van der Waals surface area contributed by atoms with Crippen molar-refractivity contribution in [3.8, 4) is 0 Å². The van der Waals surface area contributed by atoms with Crippen molar-refractivity contribution < 1.29 is 9.50 Å². The first-order valence-corrected chi connectivity index (χ1v) is 5.49. The van der Waals surface area contributed by atoms with Crippen molar-refractivity contribution in [2.45, 2.75) is 6.10 Å². The fourth-order valence-corrected chi connectivity index (χ4v) is 1.63. The Hall–Kier alpha value is -1.87. The van der Waals surface area contributed by atoms with E-state index in [0.29, 0.717) is 5.56 Å². The van der Waals surface area contributed by atoms with Gasteiger partial charge in [-0.25, -0.2) is 4.39 Å². The molecule has 0 amide bonds. The number of hydrogen-bond donors (Lipinski definition) is 2. The normalized spacial score (nSPS) is 12.1. The molecule has 0 aliphatic heterocycles. The first-order valence-electron chi connectivity index (χ1n) is 5.49. The van der Waals surface area contributed by atoms with E-state index in [-0.39, 0.29) is 12.4 Å². The lowest BCUT2D eigenvalue weighted by Gasteiger charge is -2.13. The largest absolute Gasteiger partial charge is 0.386 e. The monoisotopic (exact) mass is 231 g/mol. The zero-order valence-electron chi connectivity index (χ0n) is 9.31. The molecule has 2 nitrogen and oxygen atoms in total. The lowest BCUT2D eigenvalue weighted by atomic mass is 10.1. The molecule has 0 heterocycles. The molecule has 17 heavy (non-hydrogen) atoms. The molecule has 0 radical (unpaired) electrons. The predicted octanol–water partition coefficient (Wildman–Crippen LogP) is 2.97. The van der Waals surface area contributed by atoms with E-state index in [1.54, 1.807) is 18.2 Å². The van der Waals surface area contributed by atoms with Crippen LogP contribution >= 0.6 is 0 Å². The number of rotatable bonds is 4. The highest BCUT2D eigenvalue weighted by atomic mass is 19.1. The third-order valence-electron chi connectivity index (χ3n) is 2.54. The predicted molar refractivity (Wildman–Crippen MR) is 66.3 cm³/mol. The van der Waals surface area contributed by atoms with E-state index in [9.17, 15) is 9.50 Å². The number of halogens is 1. The standard InChI is InChI=1S/C14H14FNO/c15-13-9-5-4-8-12(13)14(17)10-16-11-6-2-1-3-7-11/h1-9,14,16-17H,10H2. The Morgan fingerprint density at radius 2 is 1.65 bits per heavy atom. The van der Waals surface area contributed by atoms with Gasteiger partial charge < -0.3 is 10.4 Å². The highest BCUT2D eigenvalue weighted by Crippen LogP contribution is 2.17. The molecule has 0 bridgehead atoms. The fourth-order valence-electron chi connectivity index (χ4n) is 1.63. The molecule has 88 valence electrons. The second kappa shape index (κ2) is 5.46. The van der Waals surface area contributed by atoms with Crippen molar-refractivity contribution in [1.82, 2.24) is 0 Å². The van der Waals surface area contributed by atoms with Gasteiger partial charge in [0.25, 0.3) is 0 Å². The van der Waals surface area contributed by atoms with Crippen molar-refractivity contribution in [2.24, 2.45) is 0 Å². The van der Waals surface area contributed by atoms with Gasteiger partial charge in [-0.2, -0.15) is 0 Å². The van der Waals surface area contributed by atoms with Crippen LogP contribution in [0, 0.1) is 5.82 Å². The van der Waals surface area contributed by atoms with Crippen LogP contribution in [-0.4, -0.2) is 11.7 Å². The van der Waals surface area contributed by atoms with Gasteiger partial charge in [0.15, 0.2) is 0 Å². The molecule has 0 spiro atoms. The average molecular weight is 231 g/mol. The molecule has 0 fully saturated rings. The molecule has 2 N–H and O–H groups in total. The minimum absolute atomic E-state index is 0.283. The third-order valence-corrected chi connectivity index (χ3v) is 2.54. The van der Waals surface area contributed by atoms with E-state index in [2.05, 4.69) is 5.32 Å². The van der Waals surface area contributed by atoms with Crippen LogP contribution in [0.1, 0.15) is 11.7 Å². The van der Waals surface area contributed by atoms with Gasteiger partial charge in [0.2, 0.25) is 0 Å². The molecule has 1 unspecified atom stereocenters. The average Bonchev–Trinajstić information content (AvgIpc) is 2.38. The van der Waals surface area contributed by atoms with Crippen LogP contribution in [0.3, 0.4) is 0 Å². The molecule has 1 atom stereocenters. The fraction of sp³-hybridized carbons (Fsp3) is 0.143. The Bertz CT molecular complexity index is 473. The number of hydrogen-bond acceptors (Lipinski definition) is 2. The molecule has 0 aliphatic rings. The highest BCUT2D eigenvalue weighted by molar-refractivity contribution is 5.42. The lowest BCUT2D eigenvalue weighted by Crippen LogP contribution is -2.13. The number of nitrogens with one attached hydrogen (secondary N) is 1. The Labute approximate surface area is 99.7 Å². The topological polar surface area (TPSA) is 32.3 Å². The summed E-state index contributed by atoms with van der Waals surface area (Å²) in [6.45, 7) is 0.283. The van der Waals surface area contributed by atoms with Gasteiger partial charge in [0.1, 0.15) is 5.82 Å². The zero-order chi connectivity index (χ0) is 12.1. The maximum atomic E-state index is 13.4. The van der Waals surface area contributed by atoms with Crippen LogP contribution in [0.25, 0.3) is 0 Å². The van der Waals surface area contributed by atoms with Gasteiger partial charge in [-0.1, -0.05) is 36.4 Å². The minimum atomic E-state index is -0.851. The molecule has 0 aromatic heterocycles. The number of aliphatic hydroxyl groups is 1. The Morgan fingerprint density at radius 3 is 2.35 bits per heavy atom. The van der Waals surface area contributed by atoms with Gasteiger partial charge in [-0.15, -0.1) is 0 Å². The summed E-state index contributed by atoms with van der Waals surface area (Å²) in [5.74, 6) is -0.380. The molecular weight excluding hydrogens is 217 g/mol. The maximum absolute atomic E-state index is 13.4. The van der Waals surface area contributed by atoms with Crippen molar-refractivity contribution in [3.63, 3.8) is 0 Å². The van der Waals surface area contributed by atoms with E-state index in [0.717, 1.165) is 5.69 Å². The molecule has 0 saturated heterocycles. The number of para-hydroxylation sites is 1. The van der Waals surface area contributed by atoms with Crippen LogP contribution in [0.15, 0.2) is 54.6 Å². The smallest absolute Gasteiger partial charge is 0.129 e. The molecule has 0 saturated carbocycles. The second-order valence-corrected chi connectivity index (χ2v) is 3.78. The van der Waals surface area contributed by atoms with Crippen LogP contribution in [0.2, 0.25) is 0 Å². The van der Waals surface area contributed by atoms with Crippen molar-refractivity contribution in [2.75, 3.05) is 11.9 Å². The second-order valence-electron chi connectivity index (χ2n) is 3.78. The first-order chi connectivity index (χ1) is 8.27. The molecule has 2 aromatic rings. The van der Waals surface area contributed by atoms with Crippen LogP contribution < -0.4 is 5.32 Å². The van der Waals surface area contributed by atoms with E-state index < -0.39 is 6.10 Å². The Balaban J connectivity index is 1.99. The minimum Gasteiger partial charge on any atom is -0.386 e. The molecule has 3 heteroatoms. The van der Waals surface area contributed by atoms with Crippen molar-refractivity contribution in [3.05, 3.63) is 66.0 Å². The summed E-state index contributed by atoms with van der Waals surface area (Å²) in [7, 11) is 0. The third kappa shape index (κ3) is 3.04. The quantitative estimate of drug-likeness (QED) is 0.847. The molecule has 2 aromatic carbocycles. The molecule has 0 aliphatic carbocycles. The van der Waals surface area contributed by atoms with E-state index in [4.69, 9.17) is 0 Å². The number of benzene rings is 2. The Kier molecular flexibility index (Phi) is 3.73. The summed E-state index contributed by atoms with van der Waals surface area (Å²) in [6, 6.07) is 15.8. The van der Waals surface area contributed by atoms with Crippen LogP contribution in [0.4, 0.5) is 10.1 Å². The molecule has 2 rings (SSSR count). The van der Waals surface area contributed by atoms with Gasteiger partial charge >= 0.3 is 0 Å². The van der Waals surface area contributed by atoms with Crippen LogP contribution in [0.5, 0.6) is 0 Å².